The highest BCUT2D eigenvalue weighted by Gasteiger charge is 2.21. The monoisotopic (exact) mass is 392 g/mol. The molecule has 5 nitrogen and oxygen atoms in total. The molecule has 0 aliphatic heterocycles. The fourth-order valence-corrected chi connectivity index (χ4v) is 2.87. The van der Waals surface area contributed by atoms with Crippen LogP contribution in [0.25, 0.3) is 10.9 Å². The van der Waals surface area contributed by atoms with Gasteiger partial charge in [-0.15, -0.1) is 0 Å². The fourth-order valence-electron chi connectivity index (χ4n) is 2.70. The van der Waals surface area contributed by atoms with Crippen LogP contribution in [0.2, 0.25) is 5.02 Å². The van der Waals surface area contributed by atoms with Gasteiger partial charge in [0.15, 0.2) is 0 Å². The van der Waals surface area contributed by atoms with Crippen molar-refractivity contribution < 1.29 is 18.3 Å². The van der Waals surface area contributed by atoms with Crippen LogP contribution >= 0.6 is 11.6 Å². The molecule has 0 atom stereocenters. The van der Waals surface area contributed by atoms with Gasteiger partial charge < -0.3 is 15.0 Å². The lowest BCUT2D eigenvalue weighted by Crippen LogP contribution is -2.23. The fraction of sp³-hybridized carbons (Fsp3) is 0.158. The normalized spacial score (nSPS) is 10.8. The molecule has 1 heterocycles. The van der Waals surface area contributed by atoms with Gasteiger partial charge in [0.1, 0.15) is 17.2 Å². The summed E-state index contributed by atoms with van der Waals surface area (Å²) in [5, 5.41) is 3.81. The molecule has 8 heteroatoms. The zero-order valence-corrected chi connectivity index (χ0v) is 15.0. The van der Waals surface area contributed by atoms with Crippen molar-refractivity contribution in [2.75, 3.05) is 11.9 Å². The van der Waals surface area contributed by atoms with Crippen LogP contribution in [-0.2, 0) is 11.3 Å². The molecule has 0 fully saturated rings. The third kappa shape index (κ3) is 3.93. The maximum absolute atomic E-state index is 13.9. The van der Waals surface area contributed by atoms with Gasteiger partial charge in [-0.1, -0.05) is 17.7 Å². The van der Waals surface area contributed by atoms with E-state index in [-0.39, 0.29) is 30.0 Å². The summed E-state index contributed by atoms with van der Waals surface area (Å²) in [5.41, 5.74) is -0.122. The van der Waals surface area contributed by atoms with Gasteiger partial charge in [0.2, 0.25) is 0 Å². The Labute approximate surface area is 157 Å². The molecule has 3 rings (SSSR count). The SMILES string of the molecule is CCOC(=O)c1c(NCc2ccc(F)cc2F)c2ccc(Cl)cc2[nH]c1=O. The third-order valence-electron chi connectivity index (χ3n) is 3.93. The highest BCUT2D eigenvalue weighted by Crippen LogP contribution is 2.27. The highest BCUT2D eigenvalue weighted by molar-refractivity contribution is 6.31. The number of fused-ring (bicyclic) bond motifs is 1. The molecule has 0 aliphatic rings. The van der Waals surface area contributed by atoms with Crippen LogP contribution in [0.3, 0.4) is 0 Å². The molecule has 27 heavy (non-hydrogen) atoms. The second-order valence-corrected chi connectivity index (χ2v) is 6.14. The number of carbonyl (C=O) groups excluding carboxylic acids is 1. The molecule has 2 N–H and O–H groups in total. The van der Waals surface area contributed by atoms with Crippen molar-refractivity contribution >= 4 is 34.2 Å². The average molecular weight is 393 g/mol. The number of hydrogen-bond acceptors (Lipinski definition) is 4. The molecule has 0 saturated heterocycles. The molecule has 0 aliphatic carbocycles. The van der Waals surface area contributed by atoms with Crippen molar-refractivity contribution in [1.29, 1.82) is 0 Å². The van der Waals surface area contributed by atoms with Gasteiger partial charge in [0, 0.05) is 28.6 Å². The number of pyridine rings is 1. The van der Waals surface area contributed by atoms with E-state index in [1.165, 1.54) is 12.1 Å². The number of aromatic nitrogens is 1. The predicted octanol–water partition coefficient (Wildman–Crippen LogP) is 4.25. The maximum atomic E-state index is 13.9. The number of H-pyrrole nitrogens is 1. The summed E-state index contributed by atoms with van der Waals surface area (Å²) in [6.07, 6.45) is 0. The van der Waals surface area contributed by atoms with Crippen molar-refractivity contribution in [3.63, 3.8) is 0 Å². The summed E-state index contributed by atoms with van der Waals surface area (Å²) in [7, 11) is 0. The molecule has 1 aromatic heterocycles. The minimum absolute atomic E-state index is 0.0697. The number of anilines is 1. The van der Waals surface area contributed by atoms with Gasteiger partial charge in [-0.3, -0.25) is 4.79 Å². The van der Waals surface area contributed by atoms with Gasteiger partial charge in [0.25, 0.3) is 5.56 Å². The number of benzene rings is 2. The zero-order valence-electron chi connectivity index (χ0n) is 14.2. The van der Waals surface area contributed by atoms with Crippen molar-refractivity contribution in [3.05, 3.63) is 74.5 Å². The van der Waals surface area contributed by atoms with Crippen LogP contribution in [0.5, 0.6) is 0 Å². The Hall–Kier alpha value is -2.93. The summed E-state index contributed by atoms with van der Waals surface area (Å²) in [5.74, 6) is -2.24. The van der Waals surface area contributed by atoms with Crippen molar-refractivity contribution in [2.45, 2.75) is 13.5 Å². The maximum Gasteiger partial charge on any atom is 0.345 e. The molecule has 0 radical (unpaired) electrons. The molecular formula is C19H15ClF2N2O3. The van der Waals surface area contributed by atoms with Crippen molar-refractivity contribution in [2.24, 2.45) is 0 Å². The van der Waals surface area contributed by atoms with Crippen LogP contribution in [0.1, 0.15) is 22.8 Å². The molecule has 0 saturated carbocycles. The van der Waals surface area contributed by atoms with E-state index in [0.717, 1.165) is 12.1 Å². The number of hydrogen-bond donors (Lipinski definition) is 2. The van der Waals surface area contributed by atoms with Crippen LogP contribution in [0.4, 0.5) is 14.5 Å². The summed E-state index contributed by atoms with van der Waals surface area (Å²) in [6, 6.07) is 7.94. The van der Waals surface area contributed by atoms with E-state index in [4.69, 9.17) is 16.3 Å². The van der Waals surface area contributed by atoms with Crippen LogP contribution in [0, 0.1) is 11.6 Å². The highest BCUT2D eigenvalue weighted by atomic mass is 35.5. The molecule has 140 valence electrons. The minimum atomic E-state index is -0.808. The molecule has 3 aromatic rings. The largest absolute Gasteiger partial charge is 0.462 e. The third-order valence-corrected chi connectivity index (χ3v) is 4.16. The predicted molar refractivity (Wildman–Crippen MR) is 99.2 cm³/mol. The van der Waals surface area contributed by atoms with Gasteiger partial charge in [-0.25, -0.2) is 13.6 Å². The summed E-state index contributed by atoms with van der Waals surface area (Å²) >= 11 is 5.96. The Bertz CT molecular complexity index is 1080. The first-order valence-corrected chi connectivity index (χ1v) is 8.49. The second-order valence-electron chi connectivity index (χ2n) is 5.70. The van der Waals surface area contributed by atoms with E-state index in [1.807, 2.05) is 0 Å². The van der Waals surface area contributed by atoms with E-state index in [2.05, 4.69) is 10.3 Å². The van der Waals surface area contributed by atoms with E-state index in [9.17, 15) is 18.4 Å². The van der Waals surface area contributed by atoms with E-state index in [1.54, 1.807) is 19.1 Å². The standard InChI is InChI=1S/C19H15ClF2N2O3/c1-2-27-19(26)16-17(23-9-10-3-5-12(21)8-14(10)22)13-6-4-11(20)7-15(13)24-18(16)25/h3-8H,2,9H2,1H3,(H2,23,24,25). The summed E-state index contributed by atoms with van der Waals surface area (Å²) < 4.78 is 32.0. The van der Waals surface area contributed by atoms with Crippen molar-refractivity contribution in [3.8, 4) is 0 Å². The quantitative estimate of drug-likeness (QED) is 0.637. The molecular weight excluding hydrogens is 378 g/mol. The van der Waals surface area contributed by atoms with E-state index < -0.39 is 23.2 Å². The Morgan fingerprint density at radius 3 is 2.70 bits per heavy atom. The summed E-state index contributed by atoms with van der Waals surface area (Å²) in [6.45, 7) is 1.64. The summed E-state index contributed by atoms with van der Waals surface area (Å²) in [4.78, 5) is 27.3. The first-order chi connectivity index (χ1) is 12.9. The molecule has 0 bridgehead atoms. The average Bonchev–Trinajstić information content (AvgIpc) is 2.60. The van der Waals surface area contributed by atoms with Gasteiger partial charge in [0.05, 0.1) is 17.8 Å². The van der Waals surface area contributed by atoms with Crippen molar-refractivity contribution in [1.82, 2.24) is 4.98 Å². The lowest BCUT2D eigenvalue weighted by Gasteiger charge is -2.14. The van der Waals surface area contributed by atoms with Gasteiger partial charge in [-0.05, 0) is 31.2 Å². The zero-order chi connectivity index (χ0) is 19.6. The molecule has 2 aromatic carbocycles. The smallest absolute Gasteiger partial charge is 0.345 e. The second kappa shape index (κ2) is 7.75. The number of ether oxygens (including phenoxy) is 1. The number of nitrogens with one attached hydrogen (secondary N) is 2. The van der Waals surface area contributed by atoms with Crippen LogP contribution in [0.15, 0.2) is 41.2 Å². The Morgan fingerprint density at radius 1 is 1.22 bits per heavy atom. The number of aromatic amines is 1. The van der Waals surface area contributed by atoms with E-state index >= 15 is 0 Å². The Kier molecular flexibility index (Phi) is 5.41. The number of halogens is 3. The number of carbonyl (C=O) groups is 1. The number of esters is 1. The molecule has 0 spiro atoms. The number of rotatable bonds is 5. The van der Waals surface area contributed by atoms with Gasteiger partial charge in [-0.2, -0.15) is 0 Å². The van der Waals surface area contributed by atoms with Crippen LogP contribution in [-0.4, -0.2) is 17.6 Å². The Balaban J connectivity index is 2.11. The molecule has 0 unspecified atom stereocenters. The molecule has 0 amide bonds. The van der Waals surface area contributed by atoms with Crippen LogP contribution < -0.4 is 10.9 Å². The topological polar surface area (TPSA) is 71.2 Å². The lowest BCUT2D eigenvalue weighted by molar-refractivity contribution is 0.0525. The minimum Gasteiger partial charge on any atom is -0.462 e. The van der Waals surface area contributed by atoms with E-state index in [0.29, 0.717) is 15.9 Å². The Morgan fingerprint density at radius 2 is 2.00 bits per heavy atom. The first kappa shape index (κ1) is 18.8. The van der Waals surface area contributed by atoms with Gasteiger partial charge >= 0.3 is 5.97 Å². The lowest BCUT2D eigenvalue weighted by atomic mass is 10.1. The first-order valence-electron chi connectivity index (χ1n) is 8.11.